The lowest BCUT2D eigenvalue weighted by Crippen LogP contribution is -2.22. The number of rotatable bonds is 4. The van der Waals surface area contributed by atoms with Gasteiger partial charge in [0.1, 0.15) is 0 Å². The monoisotopic (exact) mass is 220 g/mol. The number of thioether (sulfide) groups is 1. The Balaban J connectivity index is 2.03. The Morgan fingerprint density at radius 2 is 2.20 bits per heavy atom. The molecular formula is C12H16N2S. The Hall–Kier alpha value is -0.960. The molecule has 15 heavy (non-hydrogen) atoms. The van der Waals surface area contributed by atoms with Crippen LogP contribution in [0.5, 0.6) is 0 Å². The van der Waals surface area contributed by atoms with Gasteiger partial charge in [-0.05, 0) is 11.8 Å². The van der Waals surface area contributed by atoms with Crippen molar-refractivity contribution in [2.75, 3.05) is 18.6 Å². The fourth-order valence-electron chi connectivity index (χ4n) is 1.84. The van der Waals surface area contributed by atoms with E-state index in [0.29, 0.717) is 6.04 Å². The SMILES string of the molecule is CSCCN1N=CCC1c1ccccc1. The second kappa shape index (κ2) is 5.21. The first kappa shape index (κ1) is 10.6. The Kier molecular flexibility index (Phi) is 3.67. The summed E-state index contributed by atoms with van der Waals surface area (Å²) in [5.41, 5.74) is 1.37. The highest BCUT2D eigenvalue weighted by atomic mass is 32.2. The fraction of sp³-hybridized carbons (Fsp3) is 0.417. The Morgan fingerprint density at radius 1 is 1.40 bits per heavy atom. The van der Waals surface area contributed by atoms with Gasteiger partial charge >= 0.3 is 0 Å². The van der Waals surface area contributed by atoms with Crippen molar-refractivity contribution in [1.82, 2.24) is 5.01 Å². The first-order valence-electron chi connectivity index (χ1n) is 5.25. The van der Waals surface area contributed by atoms with Crippen LogP contribution in [0.1, 0.15) is 18.0 Å². The van der Waals surface area contributed by atoms with Crippen molar-refractivity contribution in [2.24, 2.45) is 5.10 Å². The van der Waals surface area contributed by atoms with Crippen molar-refractivity contribution < 1.29 is 0 Å². The summed E-state index contributed by atoms with van der Waals surface area (Å²) in [5, 5.41) is 6.63. The van der Waals surface area contributed by atoms with E-state index in [1.165, 1.54) is 5.56 Å². The second-order valence-electron chi connectivity index (χ2n) is 3.62. The molecule has 0 aliphatic carbocycles. The van der Waals surface area contributed by atoms with Crippen LogP contribution in [0, 0.1) is 0 Å². The summed E-state index contributed by atoms with van der Waals surface area (Å²) in [7, 11) is 0. The molecule has 1 aromatic carbocycles. The van der Waals surface area contributed by atoms with Crippen LogP contribution in [-0.4, -0.2) is 29.8 Å². The molecule has 0 amide bonds. The Labute approximate surface area is 95.4 Å². The lowest BCUT2D eigenvalue weighted by Gasteiger charge is -2.23. The molecule has 0 bridgehead atoms. The molecular weight excluding hydrogens is 204 g/mol. The zero-order valence-electron chi connectivity index (χ0n) is 8.97. The van der Waals surface area contributed by atoms with Crippen molar-refractivity contribution in [3.05, 3.63) is 35.9 Å². The van der Waals surface area contributed by atoms with Crippen LogP contribution in [0.2, 0.25) is 0 Å². The van der Waals surface area contributed by atoms with Crippen LogP contribution >= 0.6 is 11.8 Å². The van der Waals surface area contributed by atoms with Gasteiger partial charge in [-0.3, -0.25) is 5.01 Å². The van der Waals surface area contributed by atoms with Crippen LogP contribution in [-0.2, 0) is 0 Å². The summed E-state index contributed by atoms with van der Waals surface area (Å²) in [6, 6.07) is 11.1. The fourth-order valence-corrected chi connectivity index (χ4v) is 2.21. The third-order valence-electron chi connectivity index (χ3n) is 2.63. The second-order valence-corrected chi connectivity index (χ2v) is 4.60. The van der Waals surface area contributed by atoms with E-state index in [1.54, 1.807) is 0 Å². The summed E-state index contributed by atoms with van der Waals surface area (Å²) in [4.78, 5) is 0. The maximum atomic E-state index is 4.43. The van der Waals surface area contributed by atoms with Crippen molar-refractivity contribution in [3.8, 4) is 0 Å². The van der Waals surface area contributed by atoms with Gasteiger partial charge in [0.2, 0.25) is 0 Å². The molecule has 0 spiro atoms. The van der Waals surface area contributed by atoms with Crippen LogP contribution in [0.4, 0.5) is 0 Å². The summed E-state index contributed by atoms with van der Waals surface area (Å²) in [6.45, 7) is 1.04. The number of hydrogen-bond acceptors (Lipinski definition) is 3. The topological polar surface area (TPSA) is 15.6 Å². The molecule has 1 aliphatic rings. The lowest BCUT2D eigenvalue weighted by atomic mass is 10.1. The van der Waals surface area contributed by atoms with E-state index in [4.69, 9.17) is 0 Å². The van der Waals surface area contributed by atoms with E-state index in [2.05, 4.69) is 46.7 Å². The van der Waals surface area contributed by atoms with Crippen LogP contribution in [0.25, 0.3) is 0 Å². The molecule has 1 aromatic rings. The molecule has 0 saturated heterocycles. The molecule has 1 unspecified atom stereocenters. The van der Waals surface area contributed by atoms with Crippen molar-refractivity contribution >= 4 is 18.0 Å². The van der Waals surface area contributed by atoms with Gasteiger partial charge in [-0.1, -0.05) is 30.3 Å². The van der Waals surface area contributed by atoms with Crippen molar-refractivity contribution in [2.45, 2.75) is 12.5 Å². The minimum absolute atomic E-state index is 0.457. The van der Waals surface area contributed by atoms with Gasteiger partial charge in [0.15, 0.2) is 0 Å². The molecule has 0 fully saturated rings. The van der Waals surface area contributed by atoms with Crippen LogP contribution < -0.4 is 0 Å². The van der Waals surface area contributed by atoms with Gasteiger partial charge in [0.25, 0.3) is 0 Å². The first-order chi connectivity index (χ1) is 7.42. The van der Waals surface area contributed by atoms with Gasteiger partial charge in [0.05, 0.1) is 6.04 Å². The van der Waals surface area contributed by atoms with E-state index >= 15 is 0 Å². The number of hydrazone groups is 1. The lowest BCUT2D eigenvalue weighted by molar-refractivity contribution is 0.249. The van der Waals surface area contributed by atoms with Gasteiger partial charge in [-0.2, -0.15) is 16.9 Å². The van der Waals surface area contributed by atoms with Crippen LogP contribution in [0.15, 0.2) is 35.4 Å². The smallest absolute Gasteiger partial charge is 0.0770 e. The molecule has 0 saturated carbocycles. The Bertz CT molecular complexity index is 324. The average molecular weight is 220 g/mol. The van der Waals surface area contributed by atoms with E-state index in [9.17, 15) is 0 Å². The third kappa shape index (κ3) is 2.53. The molecule has 80 valence electrons. The largest absolute Gasteiger partial charge is 0.289 e. The van der Waals surface area contributed by atoms with Gasteiger partial charge < -0.3 is 0 Å². The van der Waals surface area contributed by atoms with Gasteiger partial charge in [-0.25, -0.2) is 0 Å². The highest BCUT2D eigenvalue weighted by molar-refractivity contribution is 7.98. The zero-order chi connectivity index (χ0) is 10.5. The summed E-state index contributed by atoms with van der Waals surface area (Å²) < 4.78 is 0. The normalized spacial score (nSPS) is 19.8. The molecule has 2 nitrogen and oxygen atoms in total. The van der Waals surface area contributed by atoms with E-state index < -0.39 is 0 Å². The molecule has 0 radical (unpaired) electrons. The standard InChI is InChI=1S/C12H16N2S/c1-15-10-9-14-12(7-8-13-14)11-5-3-2-4-6-11/h2-6,8,12H,7,9-10H2,1H3. The molecule has 1 atom stereocenters. The highest BCUT2D eigenvalue weighted by Gasteiger charge is 2.21. The highest BCUT2D eigenvalue weighted by Crippen LogP contribution is 2.27. The molecule has 0 N–H and O–H groups in total. The van der Waals surface area contributed by atoms with Gasteiger partial charge in [-0.15, -0.1) is 0 Å². The summed E-state index contributed by atoms with van der Waals surface area (Å²) in [6.07, 6.45) is 5.20. The van der Waals surface area contributed by atoms with E-state index in [1.807, 2.05) is 18.0 Å². The van der Waals surface area contributed by atoms with Crippen molar-refractivity contribution in [1.29, 1.82) is 0 Å². The van der Waals surface area contributed by atoms with Crippen molar-refractivity contribution in [3.63, 3.8) is 0 Å². The quantitative estimate of drug-likeness (QED) is 0.775. The Morgan fingerprint density at radius 3 is 2.93 bits per heavy atom. The number of nitrogens with zero attached hydrogens (tertiary/aromatic N) is 2. The van der Waals surface area contributed by atoms with E-state index in [0.717, 1.165) is 18.7 Å². The maximum Gasteiger partial charge on any atom is 0.0770 e. The van der Waals surface area contributed by atoms with Gasteiger partial charge in [0, 0.05) is 24.9 Å². The molecule has 2 rings (SSSR count). The van der Waals surface area contributed by atoms with Crippen LogP contribution in [0.3, 0.4) is 0 Å². The molecule has 3 heteroatoms. The summed E-state index contributed by atoms with van der Waals surface area (Å²) in [5.74, 6) is 1.14. The third-order valence-corrected chi connectivity index (χ3v) is 3.22. The minimum atomic E-state index is 0.457. The first-order valence-corrected chi connectivity index (χ1v) is 6.64. The van der Waals surface area contributed by atoms with E-state index in [-0.39, 0.29) is 0 Å². The minimum Gasteiger partial charge on any atom is -0.289 e. The predicted molar refractivity (Wildman–Crippen MR) is 67.4 cm³/mol. The average Bonchev–Trinajstić information content (AvgIpc) is 2.75. The predicted octanol–water partition coefficient (Wildman–Crippen LogP) is 2.78. The summed E-state index contributed by atoms with van der Waals surface area (Å²) >= 11 is 1.87. The molecule has 0 aromatic heterocycles. The molecule has 1 heterocycles. The zero-order valence-corrected chi connectivity index (χ0v) is 9.78. The maximum absolute atomic E-state index is 4.43. The number of hydrogen-bond donors (Lipinski definition) is 0. The number of benzene rings is 1. The molecule has 1 aliphatic heterocycles.